The van der Waals surface area contributed by atoms with Crippen LogP contribution in [0.1, 0.15) is 24.1 Å². The second-order valence-electron chi connectivity index (χ2n) is 6.32. The van der Waals surface area contributed by atoms with Crippen LogP contribution >= 0.6 is 11.3 Å². The highest BCUT2D eigenvalue weighted by molar-refractivity contribution is 7.09. The zero-order valence-electron chi connectivity index (χ0n) is 13.9. The number of aromatic nitrogens is 3. The second-order valence-corrected chi connectivity index (χ2v) is 7.35. The van der Waals surface area contributed by atoms with E-state index in [0.29, 0.717) is 12.2 Å². The van der Waals surface area contributed by atoms with Crippen LogP contribution in [0.5, 0.6) is 0 Å². The van der Waals surface area contributed by atoms with Gasteiger partial charge in [-0.1, -0.05) is 6.07 Å². The zero-order chi connectivity index (χ0) is 17.2. The molecular formula is C18H20N4O2S. The molecule has 1 aliphatic heterocycles. The summed E-state index contributed by atoms with van der Waals surface area (Å²) in [5.74, 6) is 0.0147. The van der Waals surface area contributed by atoms with E-state index in [-0.39, 0.29) is 18.1 Å². The molecule has 0 saturated carbocycles. The number of carbonyl (C=O) groups excluding carboxylic acids is 1. The van der Waals surface area contributed by atoms with E-state index < -0.39 is 0 Å². The van der Waals surface area contributed by atoms with Gasteiger partial charge in [-0.2, -0.15) is 0 Å². The fourth-order valence-electron chi connectivity index (χ4n) is 3.38. The third kappa shape index (κ3) is 3.11. The SMILES string of the molecule is O=C(Cn1c(=O)n(Cc2cccs2)c2ncccc21)N1CCCCC1. The molecular weight excluding hydrogens is 336 g/mol. The van der Waals surface area contributed by atoms with Gasteiger partial charge in [-0.25, -0.2) is 9.78 Å². The number of imidazole rings is 1. The molecule has 1 amide bonds. The van der Waals surface area contributed by atoms with Crippen molar-refractivity contribution in [3.8, 4) is 0 Å². The summed E-state index contributed by atoms with van der Waals surface area (Å²) in [5.41, 5.74) is 1.18. The summed E-state index contributed by atoms with van der Waals surface area (Å²) in [6.07, 6.45) is 4.95. The van der Waals surface area contributed by atoms with E-state index in [1.54, 1.807) is 32.7 Å². The Morgan fingerprint density at radius 2 is 1.96 bits per heavy atom. The van der Waals surface area contributed by atoms with Gasteiger partial charge in [0.1, 0.15) is 6.54 Å². The molecule has 7 heteroatoms. The number of fused-ring (bicyclic) bond motifs is 1. The van der Waals surface area contributed by atoms with Gasteiger partial charge in [0.2, 0.25) is 5.91 Å². The molecule has 0 bridgehead atoms. The van der Waals surface area contributed by atoms with Gasteiger partial charge >= 0.3 is 5.69 Å². The Balaban J connectivity index is 1.70. The van der Waals surface area contributed by atoms with Gasteiger partial charge in [-0.05, 0) is 42.8 Å². The van der Waals surface area contributed by atoms with E-state index in [0.717, 1.165) is 36.3 Å². The molecule has 0 aromatic carbocycles. The summed E-state index contributed by atoms with van der Waals surface area (Å²) in [5, 5.41) is 1.99. The van der Waals surface area contributed by atoms with Gasteiger partial charge in [-0.3, -0.25) is 13.9 Å². The van der Waals surface area contributed by atoms with Crippen molar-refractivity contribution in [3.05, 3.63) is 51.2 Å². The molecule has 4 heterocycles. The van der Waals surface area contributed by atoms with E-state index in [2.05, 4.69) is 4.98 Å². The van der Waals surface area contributed by atoms with E-state index in [1.165, 1.54) is 6.42 Å². The van der Waals surface area contributed by atoms with Gasteiger partial charge in [0, 0.05) is 24.2 Å². The minimum atomic E-state index is -0.174. The number of rotatable bonds is 4. The van der Waals surface area contributed by atoms with Crippen LogP contribution in [0.25, 0.3) is 11.2 Å². The second kappa shape index (κ2) is 6.84. The fourth-order valence-corrected chi connectivity index (χ4v) is 4.07. The molecule has 0 unspecified atom stereocenters. The van der Waals surface area contributed by atoms with Crippen LogP contribution in [-0.4, -0.2) is 38.0 Å². The van der Waals surface area contributed by atoms with Crippen molar-refractivity contribution in [2.75, 3.05) is 13.1 Å². The average molecular weight is 356 g/mol. The molecule has 0 N–H and O–H groups in total. The first-order chi connectivity index (χ1) is 12.2. The monoisotopic (exact) mass is 356 g/mol. The van der Waals surface area contributed by atoms with E-state index in [4.69, 9.17) is 0 Å². The van der Waals surface area contributed by atoms with Crippen LogP contribution in [0.3, 0.4) is 0 Å². The summed E-state index contributed by atoms with van der Waals surface area (Å²) < 4.78 is 3.22. The molecule has 4 rings (SSSR count). The summed E-state index contributed by atoms with van der Waals surface area (Å²) in [4.78, 5) is 32.9. The van der Waals surface area contributed by atoms with E-state index >= 15 is 0 Å². The maximum absolute atomic E-state index is 13.0. The van der Waals surface area contributed by atoms with Gasteiger partial charge in [0.15, 0.2) is 5.65 Å². The van der Waals surface area contributed by atoms with Gasteiger partial charge in [0.05, 0.1) is 12.1 Å². The molecule has 0 radical (unpaired) electrons. The molecule has 3 aromatic rings. The van der Waals surface area contributed by atoms with Crippen LogP contribution in [0.2, 0.25) is 0 Å². The lowest BCUT2D eigenvalue weighted by Gasteiger charge is -2.26. The quantitative estimate of drug-likeness (QED) is 0.721. The topological polar surface area (TPSA) is 60.1 Å². The first-order valence-corrected chi connectivity index (χ1v) is 9.46. The largest absolute Gasteiger partial charge is 0.341 e. The number of carbonyl (C=O) groups is 1. The lowest BCUT2D eigenvalue weighted by molar-refractivity contribution is -0.132. The molecule has 130 valence electrons. The number of piperidine rings is 1. The molecule has 0 spiro atoms. The van der Waals surface area contributed by atoms with Crippen molar-refractivity contribution in [3.63, 3.8) is 0 Å². The first-order valence-electron chi connectivity index (χ1n) is 8.58. The molecule has 3 aromatic heterocycles. The number of likely N-dealkylation sites (tertiary alicyclic amines) is 1. The molecule has 1 saturated heterocycles. The van der Waals surface area contributed by atoms with Crippen molar-refractivity contribution in [1.82, 2.24) is 19.0 Å². The predicted octanol–water partition coefficient (Wildman–Crippen LogP) is 2.32. The van der Waals surface area contributed by atoms with Crippen molar-refractivity contribution in [2.45, 2.75) is 32.4 Å². The zero-order valence-corrected chi connectivity index (χ0v) is 14.7. The van der Waals surface area contributed by atoms with Crippen LogP contribution in [0.15, 0.2) is 40.6 Å². The molecule has 6 nitrogen and oxygen atoms in total. The number of hydrogen-bond donors (Lipinski definition) is 0. The predicted molar refractivity (Wildman–Crippen MR) is 97.8 cm³/mol. The van der Waals surface area contributed by atoms with Crippen LogP contribution in [-0.2, 0) is 17.9 Å². The Morgan fingerprint density at radius 1 is 1.12 bits per heavy atom. The number of amides is 1. The number of thiophene rings is 1. The smallest absolute Gasteiger partial charge is 0.331 e. The Morgan fingerprint density at radius 3 is 2.72 bits per heavy atom. The summed E-state index contributed by atoms with van der Waals surface area (Å²) in [6.45, 7) is 2.15. The van der Waals surface area contributed by atoms with Gasteiger partial charge < -0.3 is 4.90 Å². The lowest BCUT2D eigenvalue weighted by Crippen LogP contribution is -2.39. The number of hydrogen-bond acceptors (Lipinski definition) is 4. The highest BCUT2D eigenvalue weighted by Gasteiger charge is 2.21. The Labute approximate surface area is 149 Å². The summed E-state index contributed by atoms with van der Waals surface area (Å²) >= 11 is 1.61. The van der Waals surface area contributed by atoms with E-state index in [9.17, 15) is 9.59 Å². The van der Waals surface area contributed by atoms with Crippen molar-refractivity contribution in [1.29, 1.82) is 0 Å². The molecule has 1 fully saturated rings. The molecule has 0 aliphatic carbocycles. The standard InChI is InChI=1S/C18H20N4O2S/c23-16(20-9-2-1-3-10-20)13-21-15-7-4-8-19-17(15)22(18(21)24)12-14-6-5-11-25-14/h4-8,11H,1-3,9-10,12-13H2. The third-order valence-corrected chi connectivity index (χ3v) is 5.53. The highest BCUT2D eigenvalue weighted by Crippen LogP contribution is 2.16. The van der Waals surface area contributed by atoms with Crippen molar-refractivity contribution >= 4 is 28.4 Å². The number of nitrogens with zero attached hydrogens (tertiary/aromatic N) is 4. The third-order valence-electron chi connectivity index (χ3n) is 4.67. The minimum absolute atomic E-state index is 0.0147. The van der Waals surface area contributed by atoms with Crippen molar-refractivity contribution in [2.24, 2.45) is 0 Å². The maximum Gasteiger partial charge on any atom is 0.331 e. The Kier molecular flexibility index (Phi) is 4.40. The molecule has 0 atom stereocenters. The van der Waals surface area contributed by atoms with E-state index in [1.807, 2.05) is 28.5 Å². The van der Waals surface area contributed by atoms with Crippen LogP contribution < -0.4 is 5.69 Å². The molecule has 25 heavy (non-hydrogen) atoms. The minimum Gasteiger partial charge on any atom is -0.341 e. The summed E-state index contributed by atoms with van der Waals surface area (Å²) in [6, 6.07) is 7.64. The lowest BCUT2D eigenvalue weighted by atomic mass is 10.1. The van der Waals surface area contributed by atoms with Gasteiger partial charge in [-0.15, -0.1) is 11.3 Å². The summed E-state index contributed by atoms with van der Waals surface area (Å²) in [7, 11) is 0. The number of pyridine rings is 1. The Hall–Kier alpha value is -2.41. The van der Waals surface area contributed by atoms with Crippen molar-refractivity contribution < 1.29 is 4.79 Å². The average Bonchev–Trinajstić information content (AvgIpc) is 3.25. The Bertz CT molecular complexity index is 936. The van der Waals surface area contributed by atoms with Crippen LogP contribution in [0.4, 0.5) is 0 Å². The molecule has 1 aliphatic rings. The normalized spacial score (nSPS) is 15.0. The van der Waals surface area contributed by atoms with Gasteiger partial charge in [0.25, 0.3) is 0 Å². The highest BCUT2D eigenvalue weighted by atomic mass is 32.1. The fraction of sp³-hybridized carbons (Fsp3) is 0.389. The maximum atomic E-state index is 13.0. The first kappa shape index (κ1) is 16.1. The van der Waals surface area contributed by atoms with Crippen LogP contribution in [0, 0.1) is 0 Å².